The van der Waals surface area contributed by atoms with Gasteiger partial charge in [0.25, 0.3) is 11.8 Å². The van der Waals surface area contributed by atoms with Gasteiger partial charge in [-0.15, -0.1) is 11.3 Å². The predicted octanol–water partition coefficient (Wildman–Crippen LogP) is 4.81. The molecule has 2 heterocycles. The summed E-state index contributed by atoms with van der Waals surface area (Å²) in [5, 5.41) is 7.60. The number of benzene rings is 1. The summed E-state index contributed by atoms with van der Waals surface area (Å²) >= 11 is 1.53. The second-order valence-electron chi connectivity index (χ2n) is 8.29. The number of carbonyl (C=O) groups excluding carboxylic acids is 2. The summed E-state index contributed by atoms with van der Waals surface area (Å²) in [6.45, 7) is 5.00. The van der Waals surface area contributed by atoms with Crippen molar-refractivity contribution in [3.63, 3.8) is 0 Å². The summed E-state index contributed by atoms with van der Waals surface area (Å²) in [6, 6.07) is 7.90. The predicted molar refractivity (Wildman–Crippen MR) is 129 cm³/mol. The minimum absolute atomic E-state index is 0.125. The van der Waals surface area contributed by atoms with E-state index in [-0.39, 0.29) is 11.8 Å². The SMILES string of the molecule is COCCCNC(=O)c1c(NC(=O)c2cc3cc(C)ccc3nc2C)sc2c1CCCC2. The van der Waals surface area contributed by atoms with E-state index in [0.717, 1.165) is 54.1 Å². The molecule has 1 aliphatic carbocycles. The lowest BCUT2D eigenvalue weighted by Gasteiger charge is -2.13. The first-order valence-electron chi connectivity index (χ1n) is 11.1. The van der Waals surface area contributed by atoms with Gasteiger partial charge in [-0.3, -0.25) is 14.6 Å². The van der Waals surface area contributed by atoms with E-state index in [4.69, 9.17) is 4.74 Å². The number of aromatic nitrogens is 1. The summed E-state index contributed by atoms with van der Waals surface area (Å²) in [6.07, 6.45) is 4.75. The number of nitrogens with zero attached hydrogens (tertiary/aromatic N) is 1. The Kier molecular flexibility index (Phi) is 6.86. The third-order valence-electron chi connectivity index (χ3n) is 5.84. The van der Waals surface area contributed by atoms with E-state index < -0.39 is 0 Å². The lowest BCUT2D eigenvalue weighted by atomic mass is 9.95. The van der Waals surface area contributed by atoms with Crippen molar-refractivity contribution in [3.05, 3.63) is 57.1 Å². The zero-order valence-electron chi connectivity index (χ0n) is 18.8. The smallest absolute Gasteiger partial charge is 0.258 e. The van der Waals surface area contributed by atoms with Gasteiger partial charge in [0.2, 0.25) is 0 Å². The maximum absolute atomic E-state index is 13.3. The van der Waals surface area contributed by atoms with E-state index in [1.165, 1.54) is 16.2 Å². The van der Waals surface area contributed by atoms with Crippen LogP contribution in [0, 0.1) is 13.8 Å². The second-order valence-corrected chi connectivity index (χ2v) is 9.39. The van der Waals surface area contributed by atoms with Crippen molar-refractivity contribution in [2.45, 2.75) is 46.0 Å². The molecule has 6 nitrogen and oxygen atoms in total. The minimum atomic E-state index is -0.231. The minimum Gasteiger partial charge on any atom is -0.385 e. The zero-order valence-corrected chi connectivity index (χ0v) is 19.7. The number of anilines is 1. The third kappa shape index (κ3) is 4.69. The van der Waals surface area contributed by atoms with Crippen LogP contribution >= 0.6 is 11.3 Å². The number of rotatable bonds is 7. The van der Waals surface area contributed by atoms with E-state index >= 15 is 0 Å². The Morgan fingerprint density at radius 1 is 1.12 bits per heavy atom. The van der Waals surface area contributed by atoms with Crippen LogP contribution in [0.25, 0.3) is 10.9 Å². The number of aryl methyl sites for hydroxylation is 3. The van der Waals surface area contributed by atoms with Crippen LogP contribution in [-0.4, -0.2) is 37.1 Å². The topological polar surface area (TPSA) is 80.3 Å². The lowest BCUT2D eigenvalue weighted by molar-refractivity contribution is 0.0948. The summed E-state index contributed by atoms with van der Waals surface area (Å²) in [4.78, 5) is 32.1. The third-order valence-corrected chi connectivity index (χ3v) is 7.05. The first kappa shape index (κ1) is 22.4. The summed E-state index contributed by atoms with van der Waals surface area (Å²) in [5.41, 5.74) is 4.90. The lowest BCUT2D eigenvalue weighted by Crippen LogP contribution is -2.27. The Labute approximate surface area is 192 Å². The fourth-order valence-corrected chi connectivity index (χ4v) is 5.48. The van der Waals surface area contributed by atoms with Crippen molar-refractivity contribution < 1.29 is 14.3 Å². The first-order chi connectivity index (χ1) is 15.5. The highest BCUT2D eigenvalue weighted by atomic mass is 32.1. The van der Waals surface area contributed by atoms with E-state index in [2.05, 4.69) is 15.6 Å². The molecule has 3 aromatic rings. The molecule has 2 amide bonds. The van der Waals surface area contributed by atoms with Gasteiger partial charge in [-0.25, -0.2) is 0 Å². The van der Waals surface area contributed by atoms with Crippen molar-refractivity contribution in [1.82, 2.24) is 10.3 Å². The number of thiophene rings is 1. The van der Waals surface area contributed by atoms with Gasteiger partial charge in [-0.05, 0) is 69.7 Å². The summed E-state index contributed by atoms with van der Waals surface area (Å²) in [5.74, 6) is -0.356. The number of carbonyl (C=O) groups is 2. The molecule has 0 fully saturated rings. The largest absolute Gasteiger partial charge is 0.385 e. The average Bonchev–Trinajstić information content (AvgIpc) is 3.14. The molecule has 2 N–H and O–H groups in total. The number of ether oxygens (including phenoxy) is 1. The van der Waals surface area contributed by atoms with E-state index in [1.54, 1.807) is 7.11 Å². The van der Waals surface area contributed by atoms with Gasteiger partial charge in [-0.1, -0.05) is 11.6 Å². The number of pyridine rings is 1. The molecule has 7 heteroatoms. The zero-order chi connectivity index (χ0) is 22.7. The highest BCUT2D eigenvalue weighted by Gasteiger charge is 2.27. The van der Waals surface area contributed by atoms with Crippen molar-refractivity contribution in [2.75, 3.05) is 25.6 Å². The van der Waals surface area contributed by atoms with Crippen LogP contribution < -0.4 is 10.6 Å². The normalized spacial score (nSPS) is 13.1. The van der Waals surface area contributed by atoms with Crippen molar-refractivity contribution in [2.24, 2.45) is 0 Å². The quantitative estimate of drug-likeness (QED) is 0.505. The Bertz CT molecular complexity index is 1170. The van der Waals surface area contributed by atoms with Crippen LogP contribution in [0.1, 0.15) is 61.7 Å². The van der Waals surface area contributed by atoms with Crippen LogP contribution in [0.4, 0.5) is 5.00 Å². The first-order valence-corrected chi connectivity index (χ1v) is 11.9. The number of methoxy groups -OCH3 is 1. The highest BCUT2D eigenvalue weighted by molar-refractivity contribution is 7.17. The number of nitrogens with one attached hydrogen (secondary N) is 2. The summed E-state index contributed by atoms with van der Waals surface area (Å²) in [7, 11) is 1.65. The molecule has 0 saturated heterocycles. The molecule has 1 aromatic carbocycles. The summed E-state index contributed by atoms with van der Waals surface area (Å²) < 4.78 is 5.07. The maximum atomic E-state index is 13.3. The van der Waals surface area contributed by atoms with Crippen molar-refractivity contribution in [1.29, 1.82) is 0 Å². The molecule has 2 aromatic heterocycles. The Balaban J connectivity index is 1.63. The number of amides is 2. The Morgan fingerprint density at radius 2 is 1.94 bits per heavy atom. The van der Waals surface area contributed by atoms with Gasteiger partial charge < -0.3 is 15.4 Å². The molecule has 0 atom stereocenters. The van der Waals surface area contributed by atoms with Gasteiger partial charge in [0.05, 0.1) is 22.3 Å². The second kappa shape index (κ2) is 9.79. The fraction of sp³-hybridized carbons (Fsp3) is 0.400. The molecule has 0 bridgehead atoms. The molecule has 0 radical (unpaired) electrons. The molecular formula is C25H29N3O3S. The highest BCUT2D eigenvalue weighted by Crippen LogP contribution is 2.38. The van der Waals surface area contributed by atoms with E-state index in [9.17, 15) is 9.59 Å². The molecular weight excluding hydrogens is 422 g/mol. The van der Waals surface area contributed by atoms with Gasteiger partial charge in [0.1, 0.15) is 5.00 Å². The van der Waals surface area contributed by atoms with Crippen LogP contribution in [0.3, 0.4) is 0 Å². The van der Waals surface area contributed by atoms with Gasteiger partial charge in [-0.2, -0.15) is 0 Å². The number of hydrogen-bond acceptors (Lipinski definition) is 5. The average molecular weight is 452 g/mol. The fourth-order valence-electron chi connectivity index (χ4n) is 4.19. The molecule has 32 heavy (non-hydrogen) atoms. The molecule has 168 valence electrons. The molecule has 1 aliphatic rings. The van der Waals surface area contributed by atoms with Crippen molar-refractivity contribution in [3.8, 4) is 0 Å². The van der Waals surface area contributed by atoms with Crippen LogP contribution in [0.15, 0.2) is 24.3 Å². The van der Waals surface area contributed by atoms with E-state index in [0.29, 0.717) is 35.0 Å². The molecule has 4 rings (SSSR count). The van der Waals surface area contributed by atoms with Crippen molar-refractivity contribution >= 4 is 39.1 Å². The Morgan fingerprint density at radius 3 is 2.75 bits per heavy atom. The standard InChI is InChI=1S/C25H29N3O3S/c1-15-9-10-20-17(13-15)14-19(16(2)27-20)23(29)28-25-22(24(30)26-11-6-12-31-3)18-7-4-5-8-21(18)32-25/h9-10,13-14H,4-8,11-12H2,1-3H3,(H,26,30)(H,28,29). The molecule has 0 unspecified atom stereocenters. The van der Waals surface area contributed by atoms with Crippen LogP contribution in [0.2, 0.25) is 0 Å². The van der Waals surface area contributed by atoms with Crippen LogP contribution in [-0.2, 0) is 17.6 Å². The van der Waals surface area contributed by atoms with E-state index in [1.807, 2.05) is 38.1 Å². The van der Waals surface area contributed by atoms with Gasteiger partial charge >= 0.3 is 0 Å². The monoisotopic (exact) mass is 451 g/mol. The van der Waals surface area contributed by atoms with Crippen LogP contribution in [0.5, 0.6) is 0 Å². The number of hydrogen-bond donors (Lipinski definition) is 2. The molecule has 0 spiro atoms. The van der Waals surface area contributed by atoms with Gasteiger partial charge in [0.15, 0.2) is 0 Å². The Hall–Kier alpha value is -2.77. The molecule has 0 saturated carbocycles. The maximum Gasteiger partial charge on any atom is 0.258 e. The van der Waals surface area contributed by atoms with Gasteiger partial charge in [0, 0.05) is 30.5 Å². The number of fused-ring (bicyclic) bond motifs is 2. The molecule has 0 aliphatic heterocycles.